The van der Waals surface area contributed by atoms with E-state index in [4.69, 9.17) is 0 Å². The highest BCUT2D eigenvalue weighted by atomic mass is 15.3. The van der Waals surface area contributed by atoms with Crippen molar-refractivity contribution >= 4 is 5.95 Å². The maximum absolute atomic E-state index is 4.31. The van der Waals surface area contributed by atoms with E-state index in [-0.39, 0.29) is 0 Å². The molecule has 3 rings (SSSR count). The number of anilines is 1. The van der Waals surface area contributed by atoms with Gasteiger partial charge in [-0.15, -0.1) is 0 Å². The molecule has 0 unspecified atom stereocenters. The lowest BCUT2D eigenvalue weighted by Crippen LogP contribution is -2.40. The van der Waals surface area contributed by atoms with Crippen molar-refractivity contribution in [1.82, 2.24) is 15.3 Å². The van der Waals surface area contributed by atoms with Crippen LogP contribution in [0, 0.1) is 11.8 Å². The van der Waals surface area contributed by atoms with Gasteiger partial charge < -0.3 is 10.2 Å². The van der Waals surface area contributed by atoms with Crippen molar-refractivity contribution in [1.29, 1.82) is 0 Å². The van der Waals surface area contributed by atoms with Gasteiger partial charge in [0, 0.05) is 25.5 Å². The van der Waals surface area contributed by atoms with E-state index in [2.05, 4.69) is 20.2 Å². The fourth-order valence-electron chi connectivity index (χ4n) is 2.67. The predicted octanol–water partition coefficient (Wildman–Crippen LogP) is 0.522. The molecule has 2 aliphatic heterocycles. The first kappa shape index (κ1) is 9.09. The molecular formula is C11H16N4. The van der Waals surface area contributed by atoms with Crippen LogP contribution in [0.4, 0.5) is 5.95 Å². The van der Waals surface area contributed by atoms with E-state index in [9.17, 15) is 0 Å². The normalized spacial score (nSPS) is 30.3. The molecule has 2 fully saturated rings. The van der Waals surface area contributed by atoms with Crippen molar-refractivity contribution in [3.63, 3.8) is 0 Å². The smallest absolute Gasteiger partial charge is 0.225 e. The molecule has 4 nitrogen and oxygen atoms in total. The SMILES string of the molecule is c1cnc(N2CC[C@@H]3CNC[C@@H]3C2)nc1. The summed E-state index contributed by atoms with van der Waals surface area (Å²) in [6, 6.07) is 1.87. The molecule has 1 aromatic rings. The zero-order valence-corrected chi connectivity index (χ0v) is 8.76. The highest BCUT2D eigenvalue weighted by Crippen LogP contribution is 2.27. The Hall–Kier alpha value is -1.16. The van der Waals surface area contributed by atoms with E-state index in [1.807, 2.05) is 18.5 Å². The molecular weight excluding hydrogens is 188 g/mol. The van der Waals surface area contributed by atoms with Gasteiger partial charge in [-0.1, -0.05) is 0 Å². The van der Waals surface area contributed by atoms with Crippen LogP contribution in [0.25, 0.3) is 0 Å². The van der Waals surface area contributed by atoms with Gasteiger partial charge in [-0.2, -0.15) is 0 Å². The molecule has 0 saturated carbocycles. The molecule has 0 aromatic carbocycles. The summed E-state index contributed by atoms with van der Waals surface area (Å²) in [7, 11) is 0. The average molecular weight is 204 g/mol. The number of nitrogens with zero attached hydrogens (tertiary/aromatic N) is 3. The summed E-state index contributed by atoms with van der Waals surface area (Å²) < 4.78 is 0. The predicted molar refractivity (Wildman–Crippen MR) is 58.7 cm³/mol. The number of aromatic nitrogens is 2. The lowest BCUT2D eigenvalue weighted by Gasteiger charge is -2.34. The maximum Gasteiger partial charge on any atom is 0.225 e. The van der Waals surface area contributed by atoms with Gasteiger partial charge in [-0.25, -0.2) is 9.97 Å². The van der Waals surface area contributed by atoms with Gasteiger partial charge in [-0.05, 0) is 37.4 Å². The van der Waals surface area contributed by atoms with Crippen LogP contribution < -0.4 is 10.2 Å². The molecule has 15 heavy (non-hydrogen) atoms. The van der Waals surface area contributed by atoms with Gasteiger partial charge in [0.25, 0.3) is 0 Å². The number of nitrogens with one attached hydrogen (secondary N) is 1. The molecule has 0 spiro atoms. The molecule has 2 saturated heterocycles. The number of fused-ring (bicyclic) bond motifs is 1. The van der Waals surface area contributed by atoms with Crippen molar-refractivity contribution in [2.24, 2.45) is 11.8 Å². The minimum atomic E-state index is 0.794. The Morgan fingerprint density at radius 3 is 2.87 bits per heavy atom. The second-order valence-corrected chi connectivity index (χ2v) is 4.46. The van der Waals surface area contributed by atoms with Crippen molar-refractivity contribution in [3.8, 4) is 0 Å². The average Bonchev–Trinajstić information content (AvgIpc) is 2.77. The maximum atomic E-state index is 4.31. The molecule has 1 aromatic heterocycles. The van der Waals surface area contributed by atoms with Crippen molar-refractivity contribution in [2.45, 2.75) is 6.42 Å². The molecule has 0 radical (unpaired) electrons. The summed E-state index contributed by atoms with van der Waals surface area (Å²) in [5.41, 5.74) is 0. The van der Waals surface area contributed by atoms with Gasteiger partial charge in [0.15, 0.2) is 0 Å². The lowest BCUT2D eigenvalue weighted by atomic mass is 9.89. The van der Waals surface area contributed by atoms with E-state index < -0.39 is 0 Å². The topological polar surface area (TPSA) is 41.1 Å². The summed E-state index contributed by atoms with van der Waals surface area (Å²) in [6.45, 7) is 4.58. The minimum absolute atomic E-state index is 0.794. The van der Waals surface area contributed by atoms with E-state index in [0.717, 1.165) is 37.4 Å². The van der Waals surface area contributed by atoms with E-state index in [1.165, 1.54) is 13.0 Å². The van der Waals surface area contributed by atoms with E-state index in [1.54, 1.807) is 0 Å². The summed E-state index contributed by atoms with van der Waals surface area (Å²) in [5.74, 6) is 2.57. The Morgan fingerprint density at radius 1 is 1.20 bits per heavy atom. The summed E-state index contributed by atoms with van der Waals surface area (Å²) in [5, 5.41) is 3.47. The van der Waals surface area contributed by atoms with Crippen molar-refractivity contribution < 1.29 is 0 Å². The molecule has 80 valence electrons. The number of hydrogen-bond donors (Lipinski definition) is 1. The molecule has 0 aliphatic carbocycles. The Labute approximate surface area is 89.7 Å². The molecule has 3 heterocycles. The zero-order valence-electron chi connectivity index (χ0n) is 8.76. The van der Waals surface area contributed by atoms with Crippen LogP contribution >= 0.6 is 0 Å². The van der Waals surface area contributed by atoms with E-state index >= 15 is 0 Å². The van der Waals surface area contributed by atoms with Crippen LogP contribution in [0.2, 0.25) is 0 Å². The largest absolute Gasteiger partial charge is 0.340 e. The lowest BCUT2D eigenvalue weighted by molar-refractivity contribution is 0.346. The van der Waals surface area contributed by atoms with Crippen LogP contribution in [0.15, 0.2) is 18.5 Å². The third-order valence-corrected chi connectivity index (χ3v) is 3.54. The zero-order chi connectivity index (χ0) is 10.1. The standard InChI is InChI=1S/C11H16N4/c1-3-13-11(14-4-1)15-5-2-9-6-12-7-10(9)8-15/h1,3-4,9-10,12H,2,5-8H2/t9-,10-/m1/s1. The summed E-state index contributed by atoms with van der Waals surface area (Å²) in [6.07, 6.45) is 4.92. The van der Waals surface area contributed by atoms with Crippen molar-refractivity contribution in [3.05, 3.63) is 18.5 Å². The fraction of sp³-hybridized carbons (Fsp3) is 0.636. The van der Waals surface area contributed by atoms with Crippen LogP contribution in [0.3, 0.4) is 0 Å². The Morgan fingerprint density at radius 2 is 2.00 bits per heavy atom. The molecule has 4 heteroatoms. The van der Waals surface area contributed by atoms with Crippen LogP contribution in [-0.4, -0.2) is 36.1 Å². The van der Waals surface area contributed by atoms with Gasteiger partial charge in [-0.3, -0.25) is 0 Å². The molecule has 2 aliphatic rings. The van der Waals surface area contributed by atoms with Crippen LogP contribution in [0.5, 0.6) is 0 Å². The number of hydrogen-bond acceptors (Lipinski definition) is 4. The number of piperidine rings is 1. The summed E-state index contributed by atoms with van der Waals surface area (Å²) in [4.78, 5) is 10.9. The highest BCUT2D eigenvalue weighted by molar-refractivity contribution is 5.29. The van der Waals surface area contributed by atoms with E-state index in [0.29, 0.717) is 0 Å². The van der Waals surface area contributed by atoms with Gasteiger partial charge in [0.1, 0.15) is 0 Å². The third kappa shape index (κ3) is 1.69. The van der Waals surface area contributed by atoms with Gasteiger partial charge >= 0.3 is 0 Å². The Balaban J connectivity index is 1.74. The molecule has 0 bridgehead atoms. The van der Waals surface area contributed by atoms with Crippen LogP contribution in [-0.2, 0) is 0 Å². The third-order valence-electron chi connectivity index (χ3n) is 3.54. The Bertz CT molecular complexity index is 327. The quantitative estimate of drug-likeness (QED) is 0.724. The number of rotatable bonds is 1. The molecule has 0 amide bonds. The molecule has 1 N–H and O–H groups in total. The van der Waals surface area contributed by atoms with Crippen molar-refractivity contribution in [2.75, 3.05) is 31.1 Å². The first-order valence-corrected chi connectivity index (χ1v) is 5.66. The monoisotopic (exact) mass is 204 g/mol. The first-order chi connectivity index (χ1) is 7.43. The molecule has 2 atom stereocenters. The summed E-state index contributed by atoms with van der Waals surface area (Å²) >= 11 is 0. The second-order valence-electron chi connectivity index (χ2n) is 4.46. The van der Waals surface area contributed by atoms with Gasteiger partial charge in [0.05, 0.1) is 0 Å². The first-order valence-electron chi connectivity index (χ1n) is 5.66. The van der Waals surface area contributed by atoms with Gasteiger partial charge in [0.2, 0.25) is 5.95 Å². The second kappa shape index (κ2) is 3.77. The minimum Gasteiger partial charge on any atom is -0.340 e. The fourth-order valence-corrected chi connectivity index (χ4v) is 2.67. The van der Waals surface area contributed by atoms with Crippen LogP contribution in [0.1, 0.15) is 6.42 Å². The highest BCUT2D eigenvalue weighted by Gasteiger charge is 2.33. The Kier molecular flexibility index (Phi) is 2.29.